The highest BCUT2D eigenvalue weighted by Crippen LogP contribution is 2.33. The zero-order valence-electron chi connectivity index (χ0n) is 17.0. The fourth-order valence-corrected chi connectivity index (χ4v) is 3.05. The van der Waals surface area contributed by atoms with Gasteiger partial charge in [-0.25, -0.2) is 14.4 Å². The van der Waals surface area contributed by atoms with Gasteiger partial charge in [-0.05, 0) is 47.2 Å². The largest absolute Gasteiger partial charge is 0.324 e. The number of para-hydroxylation sites is 1. The van der Waals surface area contributed by atoms with Crippen molar-refractivity contribution >= 4 is 23.2 Å². The highest BCUT2D eigenvalue weighted by Gasteiger charge is 2.15. The maximum Gasteiger partial charge on any atom is 0.258 e. The average molecular weight is 392 g/mol. The van der Waals surface area contributed by atoms with Gasteiger partial charge in [0, 0.05) is 23.8 Å². The van der Waals surface area contributed by atoms with Crippen molar-refractivity contribution in [1.29, 1.82) is 0 Å². The van der Waals surface area contributed by atoms with Gasteiger partial charge < -0.3 is 10.6 Å². The number of anilines is 3. The van der Waals surface area contributed by atoms with E-state index in [9.17, 15) is 9.18 Å². The van der Waals surface area contributed by atoms with Gasteiger partial charge in [-0.1, -0.05) is 45.9 Å². The zero-order valence-corrected chi connectivity index (χ0v) is 17.0. The van der Waals surface area contributed by atoms with E-state index in [1.165, 1.54) is 47.8 Å². The Labute approximate surface area is 170 Å². The summed E-state index contributed by atoms with van der Waals surface area (Å²) in [6.07, 6.45) is 2.95. The quantitative estimate of drug-likeness (QED) is 0.551. The number of hydrogen-bond donors (Lipinski definition) is 2. The van der Waals surface area contributed by atoms with Crippen LogP contribution in [0.5, 0.6) is 0 Å². The molecule has 2 aromatic carbocycles. The van der Waals surface area contributed by atoms with E-state index in [0.717, 1.165) is 5.69 Å². The molecule has 0 spiro atoms. The van der Waals surface area contributed by atoms with Crippen molar-refractivity contribution in [3.63, 3.8) is 0 Å². The summed E-state index contributed by atoms with van der Waals surface area (Å²) in [5, 5.41) is 6.03. The summed E-state index contributed by atoms with van der Waals surface area (Å²) in [4.78, 5) is 21.0. The van der Waals surface area contributed by atoms with Crippen LogP contribution < -0.4 is 10.6 Å². The minimum atomic E-state index is -0.357. The van der Waals surface area contributed by atoms with E-state index >= 15 is 0 Å². The second-order valence-electron chi connectivity index (χ2n) is 7.50. The number of nitrogens with zero attached hydrogens (tertiary/aromatic N) is 2. The molecule has 0 radical (unpaired) electrons. The van der Waals surface area contributed by atoms with Crippen LogP contribution in [0.25, 0.3) is 0 Å². The molecule has 29 heavy (non-hydrogen) atoms. The van der Waals surface area contributed by atoms with Crippen LogP contribution in [0.1, 0.15) is 61.0 Å². The van der Waals surface area contributed by atoms with Crippen LogP contribution in [-0.4, -0.2) is 15.9 Å². The zero-order chi connectivity index (χ0) is 21.0. The molecule has 6 heteroatoms. The Morgan fingerprint density at radius 3 is 1.97 bits per heavy atom. The van der Waals surface area contributed by atoms with Crippen LogP contribution in [0.3, 0.4) is 0 Å². The molecule has 0 unspecified atom stereocenters. The Balaban J connectivity index is 1.79. The number of carbonyl (C=O) groups excluding carboxylic acids is 1. The molecule has 3 aromatic rings. The van der Waals surface area contributed by atoms with Crippen LogP contribution >= 0.6 is 0 Å². The smallest absolute Gasteiger partial charge is 0.258 e. The van der Waals surface area contributed by atoms with E-state index < -0.39 is 0 Å². The Morgan fingerprint density at radius 2 is 1.45 bits per heavy atom. The molecule has 2 N–H and O–H groups in total. The molecule has 1 heterocycles. The molecule has 0 aliphatic rings. The molecule has 150 valence electrons. The molecule has 1 aromatic heterocycles. The minimum absolute atomic E-state index is 0.320. The van der Waals surface area contributed by atoms with E-state index in [1.54, 1.807) is 0 Å². The minimum Gasteiger partial charge on any atom is -0.324 e. The average Bonchev–Trinajstić information content (AvgIpc) is 2.70. The van der Waals surface area contributed by atoms with Crippen LogP contribution in [0.15, 0.2) is 54.9 Å². The van der Waals surface area contributed by atoms with Crippen molar-refractivity contribution in [2.75, 3.05) is 10.6 Å². The van der Waals surface area contributed by atoms with Crippen LogP contribution in [0.2, 0.25) is 0 Å². The lowest BCUT2D eigenvalue weighted by Crippen LogP contribution is -2.13. The number of rotatable bonds is 6. The molecular weight excluding hydrogens is 367 g/mol. The Kier molecular flexibility index (Phi) is 6.22. The Morgan fingerprint density at radius 1 is 0.897 bits per heavy atom. The van der Waals surface area contributed by atoms with E-state index in [0.29, 0.717) is 29.0 Å². The van der Waals surface area contributed by atoms with Crippen LogP contribution in [0, 0.1) is 5.82 Å². The lowest BCUT2D eigenvalue weighted by atomic mass is 9.93. The Bertz CT molecular complexity index is 957. The van der Waals surface area contributed by atoms with E-state index in [2.05, 4.69) is 66.5 Å². The molecule has 0 bridgehead atoms. The molecule has 0 saturated heterocycles. The molecular formula is C23H25FN4O. The first-order valence-electron chi connectivity index (χ1n) is 9.64. The van der Waals surface area contributed by atoms with Gasteiger partial charge >= 0.3 is 0 Å². The first-order chi connectivity index (χ1) is 13.8. The van der Waals surface area contributed by atoms with E-state index in [1.807, 2.05) is 0 Å². The fourth-order valence-electron chi connectivity index (χ4n) is 3.05. The summed E-state index contributed by atoms with van der Waals surface area (Å²) < 4.78 is 13.0. The molecule has 3 rings (SSSR count). The van der Waals surface area contributed by atoms with Crippen molar-refractivity contribution in [1.82, 2.24) is 9.97 Å². The predicted molar refractivity (Wildman–Crippen MR) is 114 cm³/mol. The van der Waals surface area contributed by atoms with Gasteiger partial charge in [-0.3, -0.25) is 4.79 Å². The van der Waals surface area contributed by atoms with Gasteiger partial charge in [0.15, 0.2) is 0 Å². The van der Waals surface area contributed by atoms with Crippen molar-refractivity contribution in [3.05, 3.63) is 77.4 Å². The highest BCUT2D eigenvalue weighted by molar-refractivity contribution is 6.03. The number of hydrogen-bond acceptors (Lipinski definition) is 4. The monoisotopic (exact) mass is 392 g/mol. The highest BCUT2D eigenvalue weighted by atomic mass is 19.1. The standard InChI is InChI=1S/C23H25FN4O/c1-14(2)19-6-5-7-20(15(3)4)21(19)28-23-25-12-16(13-26-23)22(29)27-18-10-8-17(24)9-11-18/h5-15H,1-4H3,(H,27,29)(H,25,26,28). The van der Waals surface area contributed by atoms with E-state index in [4.69, 9.17) is 0 Å². The fraction of sp³-hybridized carbons (Fsp3) is 0.261. The third-order valence-corrected chi connectivity index (χ3v) is 4.63. The van der Waals surface area contributed by atoms with Gasteiger partial charge in [0.25, 0.3) is 5.91 Å². The number of amides is 1. The third-order valence-electron chi connectivity index (χ3n) is 4.63. The second-order valence-corrected chi connectivity index (χ2v) is 7.50. The predicted octanol–water partition coefficient (Wildman–Crippen LogP) is 5.86. The normalized spacial score (nSPS) is 11.0. The van der Waals surface area contributed by atoms with Gasteiger partial charge in [-0.2, -0.15) is 0 Å². The lowest BCUT2D eigenvalue weighted by Gasteiger charge is -2.20. The van der Waals surface area contributed by atoms with Crippen molar-refractivity contribution in [2.24, 2.45) is 0 Å². The molecule has 0 fully saturated rings. The molecule has 0 atom stereocenters. The van der Waals surface area contributed by atoms with Gasteiger partial charge in [0.05, 0.1) is 5.56 Å². The summed E-state index contributed by atoms with van der Waals surface area (Å²) in [6, 6.07) is 11.8. The second kappa shape index (κ2) is 8.82. The third kappa shape index (κ3) is 4.96. The molecule has 0 aliphatic carbocycles. The van der Waals surface area contributed by atoms with Crippen LogP contribution in [0.4, 0.5) is 21.7 Å². The maximum absolute atomic E-state index is 13.0. The molecule has 1 amide bonds. The number of carbonyl (C=O) groups is 1. The van der Waals surface area contributed by atoms with E-state index in [-0.39, 0.29) is 11.7 Å². The summed E-state index contributed by atoms with van der Waals surface area (Å²) >= 11 is 0. The first kappa shape index (κ1) is 20.5. The molecule has 0 saturated carbocycles. The maximum atomic E-state index is 13.0. The number of benzene rings is 2. The SMILES string of the molecule is CC(C)c1cccc(C(C)C)c1Nc1ncc(C(=O)Nc2ccc(F)cc2)cn1. The van der Waals surface area contributed by atoms with Gasteiger partial charge in [0.1, 0.15) is 5.82 Å². The van der Waals surface area contributed by atoms with Gasteiger partial charge in [-0.15, -0.1) is 0 Å². The van der Waals surface area contributed by atoms with Crippen molar-refractivity contribution < 1.29 is 9.18 Å². The van der Waals surface area contributed by atoms with Crippen molar-refractivity contribution in [3.8, 4) is 0 Å². The topological polar surface area (TPSA) is 66.9 Å². The lowest BCUT2D eigenvalue weighted by molar-refractivity contribution is 0.102. The molecule has 0 aliphatic heterocycles. The van der Waals surface area contributed by atoms with Gasteiger partial charge in [0.2, 0.25) is 5.95 Å². The molecule has 5 nitrogen and oxygen atoms in total. The van der Waals surface area contributed by atoms with Crippen molar-refractivity contribution in [2.45, 2.75) is 39.5 Å². The summed E-state index contributed by atoms with van der Waals surface area (Å²) in [5.41, 5.74) is 4.23. The number of nitrogens with one attached hydrogen (secondary N) is 2. The Hall–Kier alpha value is -3.28. The number of aromatic nitrogens is 2. The summed E-state index contributed by atoms with van der Waals surface area (Å²) in [7, 11) is 0. The van der Waals surface area contributed by atoms with Crippen LogP contribution in [-0.2, 0) is 0 Å². The number of halogens is 1. The summed E-state index contributed by atoms with van der Waals surface area (Å²) in [5.74, 6) is 0.407. The first-order valence-corrected chi connectivity index (χ1v) is 9.64. The summed E-state index contributed by atoms with van der Waals surface area (Å²) in [6.45, 7) is 8.59.